The van der Waals surface area contributed by atoms with Crippen LogP contribution in [0.2, 0.25) is 0 Å². The molecule has 1 fully saturated rings. The first-order chi connectivity index (χ1) is 19.5. The van der Waals surface area contributed by atoms with Crippen LogP contribution in [0.15, 0.2) is 48.2 Å². The fourth-order valence-electron chi connectivity index (χ4n) is 4.47. The zero-order valence-electron chi connectivity index (χ0n) is 22.9. The molecule has 1 amide bonds. The Kier molecular flexibility index (Phi) is 10.5. The van der Waals surface area contributed by atoms with E-state index in [1.807, 2.05) is 4.90 Å². The van der Waals surface area contributed by atoms with E-state index in [0.29, 0.717) is 11.3 Å². The number of carbonyl (C=O) groups excluding carboxylic acids is 1. The first kappa shape index (κ1) is 31.2. The van der Waals surface area contributed by atoms with Gasteiger partial charge >= 0.3 is 0 Å². The minimum atomic E-state index is -1.74. The van der Waals surface area contributed by atoms with Crippen molar-refractivity contribution in [1.82, 2.24) is 14.9 Å². The van der Waals surface area contributed by atoms with Gasteiger partial charge in [0, 0.05) is 37.8 Å². The molecule has 2 N–H and O–H groups in total. The molecule has 1 aliphatic rings. The van der Waals surface area contributed by atoms with Crippen LogP contribution in [0.1, 0.15) is 43.0 Å². The Bertz CT molecular complexity index is 1420. The van der Waals surface area contributed by atoms with Crippen molar-refractivity contribution >= 4 is 17.4 Å². The van der Waals surface area contributed by atoms with Gasteiger partial charge in [-0.1, -0.05) is 19.9 Å². The zero-order valence-corrected chi connectivity index (χ0v) is 22.9. The third kappa shape index (κ3) is 7.24. The molecule has 0 radical (unpaired) electrons. The van der Waals surface area contributed by atoms with Crippen LogP contribution in [0.4, 0.5) is 27.8 Å². The summed E-state index contributed by atoms with van der Waals surface area (Å²) >= 11 is 0. The molecule has 3 aromatic rings. The normalized spacial score (nSPS) is 14.9. The maximum atomic E-state index is 14.7. The first-order valence-corrected chi connectivity index (χ1v) is 12.8. The van der Waals surface area contributed by atoms with Crippen molar-refractivity contribution in [2.45, 2.75) is 33.1 Å². The Balaban J connectivity index is 0.000000322. The predicted octanol–water partition coefficient (Wildman–Crippen LogP) is 6.14. The standard InChI is InChI=1S/C19H13F5N4O.C10H17NO/c1-8-14(19(25)28-7-27-8)17(26-2)10-4-3-9(5-11(10)20)29-18-15(23)12(21)6-13(22)16(18)24;1-3-5-9-6-7-11(8-9)10(12)4-2/h3-7H,1-2H3,(H2,25,27,28);4,9H,2-3,5-8H2,1H3/t;9-/m.1/s1. The second-order valence-electron chi connectivity index (χ2n) is 9.26. The number of carbonyl (C=O) groups is 1. The van der Waals surface area contributed by atoms with Crippen molar-refractivity contribution in [2.75, 3.05) is 25.9 Å². The van der Waals surface area contributed by atoms with Crippen LogP contribution in [-0.2, 0) is 4.79 Å². The molecule has 0 spiro atoms. The lowest BCUT2D eigenvalue weighted by atomic mass is 10.0. The van der Waals surface area contributed by atoms with E-state index in [-0.39, 0.29) is 29.1 Å². The SMILES string of the molecule is C=CC(=O)N1CC[C@@H](CCC)C1.CN=C(c1ccc(Oc2c(F)c(F)cc(F)c2F)cc1F)c1c(C)ncnc1N. The van der Waals surface area contributed by atoms with Gasteiger partial charge in [-0.25, -0.2) is 23.1 Å². The van der Waals surface area contributed by atoms with Crippen molar-refractivity contribution in [1.29, 1.82) is 0 Å². The van der Waals surface area contributed by atoms with Gasteiger partial charge in [0.05, 0.1) is 17.0 Å². The van der Waals surface area contributed by atoms with Crippen LogP contribution >= 0.6 is 0 Å². The van der Waals surface area contributed by atoms with Crippen molar-refractivity contribution in [3.63, 3.8) is 0 Å². The molecule has 41 heavy (non-hydrogen) atoms. The average Bonchev–Trinajstić information content (AvgIpc) is 3.41. The third-order valence-electron chi connectivity index (χ3n) is 6.48. The van der Waals surface area contributed by atoms with Crippen LogP contribution in [0.3, 0.4) is 0 Å². The van der Waals surface area contributed by atoms with Gasteiger partial charge < -0.3 is 15.4 Å². The van der Waals surface area contributed by atoms with Crippen molar-refractivity contribution in [2.24, 2.45) is 10.9 Å². The van der Waals surface area contributed by atoms with Gasteiger partial charge in [-0.15, -0.1) is 0 Å². The summed E-state index contributed by atoms with van der Waals surface area (Å²) in [4.78, 5) is 25.0. The summed E-state index contributed by atoms with van der Waals surface area (Å²) in [5.74, 6) is -8.47. The van der Waals surface area contributed by atoms with E-state index in [0.717, 1.165) is 31.1 Å². The molecule has 0 saturated carbocycles. The Hall–Kier alpha value is -4.35. The van der Waals surface area contributed by atoms with Gasteiger partial charge in [-0.2, -0.15) is 8.78 Å². The van der Waals surface area contributed by atoms with Gasteiger partial charge in [0.25, 0.3) is 0 Å². The molecule has 1 aliphatic heterocycles. The highest BCUT2D eigenvalue weighted by atomic mass is 19.2. The molecule has 0 bridgehead atoms. The van der Waals surface area contributed by atoms with Crippen LogP contribution < -0.4 is 10.5 Å². The molecule has 2 aromatic carbocycles. The number of rotatable bonds is 7. The van der Waals surface area contributed by atoms with Gasteiger partial charge in [0.1, 0.15) is 23.7 Å². The van der Waals surface area contributed by atoms with Gasteiger partial charge in [-0.3, -0.25) is 9.79 Å². The fourth-order valence-corrected chi connectivity index (χ4v) is 4.47. The number of nitrogens with zero attached hydrogens (tertiary/aromatic N) is 4. The summed E-state index contributed by atoms with van der Waals surface area (Å²) in [5.41, 5.74) is 6.73. The number of likely N-dealkylation sites (tertiary alicyclic amines) is 1. The lowest BCUT2D eigenvalue weighted by Crippen LogP contribution is -2.26. The largest absolute Gasteiger partial charge is 0.451 e. The molecule has 2 heterocycles. The van der Waals surface area contributed by atoms with Crippen molar-refractivity contribution in [3.05, 3.63) is 89.2 Å². The molecule has 7 nitrogen and oxygen atoms in total. The highest BCUT2D eigenvalue weighted by Crippen LogP contribution is 2.32. The molecule has 1 aromatic heterocycles. The number of aliphatic imine (C=N–C) groups is 1. The summed E-state index contributed by atoms with van der Waals surface area (Å²) in [6, 6.07) is 3.20. The number of aryl methyl sites for hydroxylation is 1. The summed E-state index contributed by atoms with van der Waals surface area (Å²) in [6.07, 6.45) is 6.30. The maximum Gasteiger partial charge on any atom is 0.245 e. The number of anilines is 1. The van der Waals surface area contributed by atoms with Crippen LogP contribution in [0.5, 0.6) is 11.5 Å². The number of nitrogens with two attached hydrogens (primary N) is 1. The van der Waals surface area contributed by atoms with Crippen molar-refractivity contribution < 1.29 is 31.5 Å². The van der Waals surface area contributed by atoms with E-state index in [9.17, 15) is 26.7 Å². The molecule has 1 atom stereocenters. The average molecular weight is 576 g/mol. The quantitative estimate of drug-likeness (QED) is 0.158. The number of amides is 1. The van der Waals surface area contributed by atoms with E-state index in [4.69, 9.17) is 10.5 Å². The molecule has 12 heteroatoms. The highest BCUT2D eigenvalue weighted by molar-refractivity contribution is 6.16. The molecule has 0 aliphatic carbocycles. The van der Waals surface area contributed by atoms with E-state index >= 15 is 0 Å². The number of hydrogen-bond donors (Lipinski definition) is 1. The lowest BCUT2D eigenvalue weighted by Gasteiger charge is -2.13. The topological polar surface area (TPSA) is 93.7 Å². The van der Waals surface area contributed by atoms with Crippen LogP contribution in [0, 0.1) is 41.9 Å². The Morgan fingerprint density at radius 3 is 2.39 bits per heavy atom. The second kappa shape index (κ2) is 13.8. The monoisotopic (exact) mass is 575 g/mol. The molecule has 0 unspecified atom stereocenters. The predicted molar refractivity (Wildman–Crippen MR) is 145 cm³/mol. The first-order valence-electron chi connectivity index (χ1n) is 12.8. The number of hydrogen-bond acceptors (Lipinski definition) is 6. The number of ether oxygens (including phenoxy) is 1. The number of nitrogen functional groups attached to an aromatic ring is 1. The maximum absolute atomic E-state index is 14.7. The van der Waals surface area contributed by atoms with Crippen molar-refractivity contribution in [3.8, 4) is 11.5 Å². The molecule has 1 saturated heterocycles. The zero-order chi connectivity index (χ0) is 30.3. The smallest absolute Gasteiger partial charge is 0.245 e. The fraction of sp³-hybridized carbons (Fsp3) is 0.310. The lowest BCUT2D eigenvalue weighted by molar-refractivity contribution is -0.125. The summed E-state index contributed by atoms with van der Waals surface area (Å²) in [5, 5.41) is 0. The Morgan fingerprint density at radius 2 is 1.83 bits per heavy atom. The summed E-state index contributed by atoms with van der Waals surface area (Å²) < 4.78 is 73.7. The molecule has 218 valence electrons. The van der Waals surface area contributed by atoms with Crippen LogP contribution in [0.25, 0.3) is 0 Å². The third-order valence-corrected chi connectivity index (χ3v) is 6.48. The number of benzene rings is 2. The number of halogens is 5. The highest BCUT2D eigenvalue weighted by Gasteiger charge is 2.24. The van der Waals surface area contributed by atoms with E-state index in [1.54, 1.807) is 6.92 Å². The van der Waals surface area contributed by atoms with Crippen LogP contribution in [-0.4, -0.2) is 46.6 Å². The minimum absolute atomic E-state index is 0.0178. The Labute approximate surface area is 234 Å². The summed E-state index contributed by atoms with van der Waals surface area (Å²) in [6.45, 7) is 9.18. The van der Waals surface area contributed by atoms with Gasteiger partial charge in [0.2, 0.25) is 23.3 Å². The molecular weight excluding hydrogens is 545 g/mol. The number of aromatic nitrogens is 2. The van der Waals surface area contributed by atoms with Gasteiger partial charge in [0.15, 0.2) is 11.6 Å². The van der Waals surface area contributed by atoms with E-state index in [1.165, 1.54) is 44.8 Å². The Morgan fingerprint density at radius 1 is 1.15 bits per heavy atom. The second-order valence-corrected chi connectivity index (χ2v) is 9.26. The molecular formula is C29H30F5N5O2. The van der Waals surface area contributed by atoms with Gasteiger partial charge in [-0.05, 0) is 43.9 Å². The summed E-state index contributed by atoms with van der Waals surface area (Å²) in [7, 11) is 1.41. The van der Waals surface area contributed by atoms with E-state index in [2.05, 4.69) is 28.5 Å². The minimum Gasteiger partial charge on any atom is -0.451 e. The molecule has 4 rings (SSSR count). The van der Waals surface area contributed by atoms with E-state index < -0.39 is 40.6 Å².